The molecule has 18 heavy (non-hydrogen) atoms. The highest BCUT2D eigenvalue weighted by molar-refractivity contribution is 6.02. The summed E-state index contributed by atoms with van der Waals surface area (Å²) in [5.74, 6) is 0.00849. The van der Waals surface area contributed by atoms with E-state index in [0.717, 1.165) is 13.0 Å². The predicted molar refractivity (Wildman–Crippen MR) is 63.4 cm³/mol. The molecule has 1 amide bonds. The highest BCUT2D eigenvalue weighted by Crippen LogP contribution is 2.19. The fourth-order valence-corrected chi connectivity index (χ4v) is 1.93. The van der Waals surface area contributed by atoms with Crippen LogP contribution in [0.1, 0.15) is 23.0 Å². The van der Waals surface area contributed by atoms with Crippen LogP contribution in [0.4, 0.5) is 5.69 Å². The zero-order valence-corrected chi connectivity index (χ0v) is 9.70. The minimum absolute atomic E-state index is 0.263. The molecule has 1 atom stereocenters. The Labute approximate surface area is 104 Å². The van der Waals surface area contributed by atoms with Crippen molar-refractivity contribution in [2.24, 2.45) is 0 Å². The fourth-order valence-electron chi connectivity index (χ4n) is 1.93. The van der Waals surface area contributed by atoms with Crippen LogP contribution in [0.2, 0.25) is 0 Å². The van der Waals surface area contributed by atoms with Crippen LogP contribution < -0.4 is 5.32 Å². The van der Waals surface area contributed by atoms with Gasteiger partial charge in [-0.1, -0.05) is 0 Å². The minimum Gasteiger partial charge on any atom is -0.459 e. The number of nitrogens with zero attached hydrogens (tertiary/aromatic N) is 2. The first kappa shape index (κ1) is 11.0. The molecule has 3 rings (SSSR count). The quantitative estimate of drug-likeness (QED) is 0.896. The van der Waals surface area contributed by atoms with E-state index in [1.807, 2.05) is 4.68 Å². The van der Waals surface area contributed by atoms with Gasteiger partial charge in [-0.2, -0.15) is 5.10 Å². The topological polar surface area (TPSA) is 69.3 Å². The lowest BCUT2D eigenvalue weighted by Crippen LogP contribution is -2.11. The molecule has 1 saturated heterocycles. The first-order valence-electron chi connectivity index (χ1n) is 5.80. The number of carbonyl (C=O) groups excluding carboxylic acids is 1. The summed E-state index contributed by atoms with van der Waals surface area (Å²) >= 11 is 0. The molecule has 0 aromatic carbocycles. The van der Waals surface area contributed by atoms with E-state index in [2.05, 4.69) is 10.4 Å². The van der Waals surface area contributed by atoms with Crippen molar-refractivity contribution in [3.63, 3.8) is 0 Å². The van der Waals surface area contributed by atoms with Crippen molar-refractivity contribution in [2.75, 3.05) is 18.5 Å². The number of furan rings is 1. The number of ether oxygens (including phenoxy) is 1. The van der Waals surface area contributed by atoms with Crippen LogP contribution in [0.25, 0.3) is 0 Å². The minimum atomic E-state index is -0.276. The Kier molecular flexibility index (Phi) is 2.85. The summed E-state index contributed by atoms with van der Waals surface area (Å²) in [5, 5.41) is 6.96. The number of carbonyl (C=O) groups is 1. The third-order valence-corrected chi connectivity index (χ3v) is 2.88. The molecule has 94 valence electrons. The summed E-state index contributed by atoms with van der Waals surface area (Å²) in [6.45, 7) is 1.44. The molecule has 1 aliphatic heterocycles. The van der Waals surface area contributed by atoms with Gasteiger partial charge in [-0.15, -0.1) is 0 Å². The Bertz CT molecular complexity index is 527. The molecular formula is C12H13N3O3. The van der Waals surface area contributed by atoms with Crippen molar-refractivity contribution >= 4 is 11.6 Å². The summed E-state index contributed by atoms with van der Waals surface area (Å²) in [5.41, 5.74) is 0.656. The molecule has 0 saturated carbocycles. The molecule has 0 radical (unpaired) electrons. The number of aromatic nitrogens is 2. The second kappa shape index (κ2) is 4.66. The van der Waals surface area contributed by atoms with Crippen molar-refractivity contribution in [2.45, 2.75) is 12.5 Å². The maximum absolute atomic E-state index is 11.7. The van der Waals surface area contributed by atoms with Gasteiger partial charge in [0.05, 0.1) is 30.8 Å². The number of hydrogen-bond acceptors (Lipinski definition) is 4. The molecule has 0 bridgehead atoms. The molecule has 2 aromatic heterocycles. The van der Waals surface area contributed by atoms with Gasteiger partial charge in [0.15, 0.2) is 5.76 Å². The van der Waals surface area contributed by atoms with Crippen LogP contribution in [0, 0.1) is 0 Å². The van der Waals surface area contributed by atoms with Crippen molar-refractivity contribution in [3.05, 3.63) is 36.5 Å². The van der Waals surface area contributed by atoms with Crippen molar-refractivity contribution in [1.82, 2.24) is 9.78 Å². The Morgan fingerprint density at radius 2 is 2.50 bits per heavy atom. The monoisotopic (exact) mass is 247 g/mol. The molecule has 6 nitrogen and oxygen atoms in total. The Morgan fingerprint density at radius 3 is 3.22 bits per heavy atom. The number of anilines is 1. The van der Waals surface area contributed by atoms with Crippen molar-refractivity contribution in [3.8, 4) is 0 Å². The van der Waals surface area contributed by atoms with Crippen LogP contribution in [0.5, 0.6) is 0 Å². The summed E-state index contributed by atoms with van der Waals surface area (Å²) in [6, 6.07) is 3.55. The third-order valence-electron chi connectivity index (χ3n) is 2.88. The largest absolute Gasteiger partial charge is 0.459 e. The average molecular weight is 247 g/mol. The zero-order chi connectivity index (χ0) is 12.4. The van der Waals surface area contributed by atoms with Crippen molar-refractivity contribution < 1.29 is 13.9 Å². The maximum atomic E-state index is 11.7. The highest BCUT2D eigenvalue weighted by atomic mass is 16.5. The van der Waals surface area contributed by atoms with Gasteiger partial charge in [0.2, 0.25) is 0 Å². The SMILES string of the molecule is O=C(Nc1cnn(C2CCOC2)c1)c1ccco1. The number of hydrogen-bond donors (Lipinski definition) is 1. The van der Waals surface area contributed by atoms with Crippen LogP contribution in [-0.2, 0) is 4.74 Å². The molecule has 1 fully saturated rings. The van der Waals surface area contributed by atoms with Crippen LogP contribution in [0.15, 0.2) is 35.2 Å². The van der Waals surface area contributed by atoms with E-state index >= 15 is 0 Å². The first-order chi connectivity index (χ1) is 8.83. The third kappa shape index (κ3) is 2.14. The number of rotatable bonds is 3. The second-order valence-electron chi connectivity index (χ2n) is 4.16. The average Bonchev–Trinajstić information content (AvgIpc) is 3.12. The lowest BCUT2D eigenvalue weighted by Gasteiger charge is -2.06. The molecule has 0 aliphatic carbocycles. The molecule has 0 spiro atoms. The van der Waals surface area contributed by atoms with Gasteiger partial charge in [0.25, 0.3) is 5.91 Å². The Hall–Kier alpha value is -2.08. The van der Waals surface area contributed by atoms with Crippen LogP contribution in [-0.4, -0.2) is 28.9 Å². The van der Waals surface area contributed by atoms with E-state index in [4.69, 9.17) is 9.15 Å². The normalized spacial score (nSPS) is 19.0. The summed E-state index contributed by atoms with van der Waals surface area (Å²) in [7, 11) is 0. The smallest absolute Gasteiger partial charge is 0.291 e. The summed E-state index contributed by atoms with van der Waals surface area (Å²) in [4.78, 5) is 11.7. The number of amides is 1. The molecular weight excluding hydrogens is 234 g/mol. The standard InChI is InChI=1S/C12H13N3O3/c16-12(11-2-1-4-18-11)14-9-6-13-15(7-9)10-3-5-17-8-10/h1-2,4,6-7,10H,3,5,8H2,(H,14,16). The Morgan fingerprint density at radius 1 is 1.56 bits per heavy atom. The maximum Gasteiger partial charge on any atom is 0.291 e. The summed E-state index contributed by atoms with van der Waals surface area (Å²) < 4.78 is 12.1. The van der Waals surface area contributed by atoms with E-state index in [9.17, 15) is 4.79 Å². The van der Waals surface area contributed by atoms with Gasteiger partial charge in [-0.05, 0) is 18.6 Å². The predicted octanol–water partition coefficient (Wildman–Crippen LogP) is 1.69. The lowest BCUT2D eigenvalue weighted by molar-refractivity contribution is 0.0996. The fraction of sp³-hybridized carbons (Fsp3) is 0.333. The van der Waals surface area contributed by atoms with Gasteiger partial charge in [0, 0.05) is 12.8 Å². The van der Waals surface area contributed by atoms with E-state index in [1.54, 1.807) is 24.5 Å². The molecule has 6 heteroatoms. The molecule has 3 heterocycles. The first-order valence-corrected chi connectivity index (χ1v) is 5.80. The zero-order valence-electron chi connectivity index (χ0n) is 9.70. The molecule has 2 aromatic rings. The van der Waals surface area contributed by atoms with E-state index < -0.39 is 0 Å². The van der Waals surface area contributed by atoms with Crippen molar-refractivity contribution in [1.29, 1.82) is 0 Å². The highest BCUT2D eigenvalue weighted by Gasteiger charge is 2.19. The molecule has 1 aliphatic rings. The second-order valence-corrected chi connectivity index (χ2v) is 4.16. The Balaban J connectivity index is 1.68. The van der Waals surface area contributed by atoms with Gasteiger partial charge in [0.1, 0.15) is 0 Å². The van der Waals surface area contributed by atoms with Gasteiger partial charge in [-0.25, -0.2) is 0 Å². The van der Waals surface area contributed by atoms with Gasteiger partial charge in [-0.3, -0.25) is 9.48 Å². The van der Waals surface area contributed by atoms with Crippen LogP contribution >= 0.6 is 0 Å². The number of nitrogens with one attached hydrogen (secondary N) is 1. The summed E-state index contributed by atoms with van der Waals surface area (Å²) in [6.07, 6.45) is 5.85. The lowest BCUT2D eigenvalue weighted by atomic mass is 10.3. The van der Waals surface area contributed by atoms with E-state index in [1.165, 1.54) is 6.26 Å². The van der Waals surface area contributed by atoms with E-state index in [-0.39, 0.29) is 17.7 Å². The molecule has 1 N–H and O–H groups in total. The van der Waals surface area contributed by atoms with Gasteiger partial charge >= 0.3 is 0 Å². The van der Waals surface area contributed by atoms with Crippen LogP contribution in [0.3, 0.4) is 0 Å². The van der Waals surface area contributed by atoms with Gasteiger partial charge < -0.3 is 14.5 Å². The molecule has 1 unspecified atom stereocenters. The van der Waals surface area contributed by atoms with E-state index in [0.29, 0.717) is 12.3 Å².